The van der Waals surface area contributed by atoms with Crippen molar-refractivity contribution in [1.29, 1.82) is 0 Å². The Bertz CT molecular complexity index is 902. The van der Waals surface area contributed by atoms with Gasteiger partial charge in [0.25, 0.3) is 0 Å². The molecule has 0 bridgehead atoms. The molecule has 9 heteroatoms. The van der Waals surface area contributed by atoms with Crippen molar-refractivity contribution in [2.24, 2.45) is 0 Å². The summed E-state index contributed by atoms with van der Waals surface area (Å²) in [6.07, 6.45) is 2.84. The molecule has 1 aliphatic heterocycles. The van der Waals surface area contributed by atoms with E-state index in [-0.39, 0.29) is 23.8 Å². The Morgan fingerprint density at radius 2 is 1.96 bits per heavy atom. The van der Waals surface area contributed by atoms with Crippen molar-refractivity contribution < 1.29 is 22.7 Å². The summed E-state index contributed by atoms with van der Waals surface area (Å²) in [6.45, 7) is 0.230. The first kappa shape index (κ1) is 18.2. The molecule has 1 aromatic carbocycles. The summed E-state index contributed by atoms with van der Waals surface area (Å²) in [5, 5.41) is 0. The maximum Gasteiger partial charge on any atom is 0.242 e. The van der Waals surface area contributed by atoms with E-state index in [9.17, 15) is 13.2 Å². The molecular formula is C17H19N3O5S. The van der Waals surface area contributed by atoms with Gasteiger partial charge in [0.2, 0.25) is 15.9 Å². The molecular weight excluding hydrogens is 358 g/mol. The Morgan fingerprint density at radius 1 is 1.19 bits per heavy atom. The number of carbonyl (C=O) groups is 1. The van der Waals surface area contributed by atoms with E-state index in [0.29, 0.717) is 17.2 Å². The number of nitrogens with one attached hydrogen (secondary N) is 1. The minimum atomic E-state index is -3.73. The van der Waals surface area contributed by atoms with Gasteiger partial charge < -0.3 is 14.4 Å². The van der Waals surface area contributed by atoms with Crippen molar-refractivity contribution in [3.05, 3.63) is 42.7 Å². The third kappa shape index (κ3) is 3.63. The number of pyridine rings is 1. The van der Waals surface area contributed by atoms with E-state index in [0.717, 1.165) is 0 Å². The van der Waals surface area contributed by atoms with Crippen molar-refractivity contribution in [2.45, 2.75) is 17.4 Å². The molecule has 8 nitrogen and oxygen atoms in total. The molecule has 26 heavy (non-hydrogen) atoms. The summed E-state index contributed by atoms with van der Waals surface area (Å²) in [5.74, 6) is 0.880. The highest BCUT2D eigenvalue weighted by atomic mass is 32.2. The molecule has 138 valence electrons. The van der Waals surface area contributed by atoms with Crippen molar-refractivity contribution in [3.63, 3.8) is 0 Å². The number of amides is 1. The summed E-state index contributed by atoms with van der Waals surface area (Å²) in [7, 11) is -0.691. The molecule has 1 saturated heterocycles. The first-order chi connectivity index (χ1) is 12.4. The van der Waals surface area contributed by atoms with E-state index >= 15 is 0 Å². The first-order valence-corrected chi connectivity index (χ1v) is 9.37. The highest BCUT2D eigenvalue weighted by Gasteiger charge is 2.34. The van der Waals surface area contributed by atoms with Gasteiger partial charge in [-0.25, -0.2) is 13.1 Å². The number of carbonyl (C=O) groups excluding carboxylic acids is 1. The number of sulfonamides is 1. The van der Waals surface area contributed by atoms with Crippen LogP contribution in [0.4, 0.5) is 5.69 Å². The van der Waals surface area contributed by atoms with Crippen LogP contribution < -0.4 is 19.1 Å². The Balaban J connectivity index is 1.77. The van der Waals surface area contributed by atoms with Gasteiger partial charge in [0.1, 0.15) is 4.90 Å². The molecule has 2 aromatic rings. The van der Waals surface area contributed by atoms with Gasteiger partial charge in [-0.1, -0.05) is 0 Å². The van der Waals surface area contributed by atoms with Crippen LogP contribution in [0.2, 0.25) is 0 Å². The predicted molar refractivity (Wildman–Crippen MR) is 94.9 cm³/mol. The lowest BCUT2D eigenvalue weighted by Gasteiger charge is -2.19. The number of nitrogens with zero attached hydrogens (tertiary/aromatic N) is 2. The zero-order chi connectivity index (χ0) is 18.7. The van der Waals surface area contributed by atoms with Crippen molar-refractivity contribution >= 4 is 21.6 Å². The average Bonchev–Trinajstić information content (AvgIpc) is 3.01. The maximum atomic E-state index is 12.4. The standard InChI is InChI=1S/C17H19N3O5S/c1-24-15-6-5-13(9-16(15)25-2)20-11-12(8-17(20)21)19-26(22,23)14-4-3-7-18-10-14/h3-7,9-10,12,19H,8,11H2,1-2H3/t12-/m1/s1. The summed E-state index contributed by atoms with van der Waals surface area (Å²) in [6, 6.07) is 7.60. The Hall–Kier alpha value is -2.65. The van der Waals surface area contributed by atoms with Crippen molar-refractivity contribution in [3.8, 4) is 11.5 Å². The SMILES string of the molecule is COc1ccc(N2C[C@H](NS(=O)(=O)c3cccnc3)CC2=O)cc1OC. The Morgan fingerprint density at radius 3 is 2.62 bits per heavy atom. The van der Waals surface area contributed by atoms with Gasteiger partial charge in [-0.05, 0) is 24.3 Å². The highest BCUT2D eigenvalue weighted by Crippen LogP contribution is 2.33. The lowest BCUT2D eigenvalue weighted by atomic mass is 10.2. The zero-order valence-corrected chi connectivity index (χ0v) is 15.2. The number of benzene rings is 1. The lowest BCUT2D eigenvalue weighted by Crippen LogP contribution is -2.37. The van der Waals surface area contributed by atoms with Crippen LogP contribution in [0.1, 0.15) is 6.42 Å². The summed E-state index contributed by atoms with van der Waals surface area (Å²) >= 11 is 0. The second-order valence-electron chi connectivity index (χ2n) is 5.75. The second kappa shape index (κ2) is 7.30. The lowest BCUT2D eigenvalue weighted by molar-refractivity contribution is -0.117. The summed E-state index contributed by atoms with van der Waals surface area (Å²) in [4.78, 5) is 17.8. The second-order valence-corrected chi connectivity index (χ2v) is 7.47. The van der Waals surface area contributed by atoms with E-state index in [2.05, 4.69) is 9.71 Å². The number of rotatable bonds is 6. The maximum absolute atomic E-state index is 12.4. The topological polar surface area (TPSA) is 97.8 Å². The van der Waals surface area contributed by atoms with Crippen LogP contribution in [0.15, 0.2) is 47.6 Å². The Kier molecular flexibility index (Phi) is 5.10. The number of hydrogen-bond acceptors (Lipinski definition) is 6. The fraction of sp³-hybridized carbons (Fsp3) is 0.294. The van der Waals surface area contributed by atoms with Crippen molar-refractivity contribution in [2.75, 3.05) is 25.7 Å². The number of methoxy groups -OCH3 is 2. The monoisotopic (exact) mass is 377 g/mol. The minimum absolute atomic E-state index is 0.0667. The fourth-order valence-electron chi connectivity index (χ4n) is 2.82. The molecule has 1 N–H and O–H groups in total. The molecule has 2 heterocycles. The van der Waals surface area contributed by atoms with Gasteiger partial charge >= 0.3 is 0 Å². The van der Waals surface area contributed by atoms with Crippen LogP contribution in [0.5, 0.6) is 11.5 Å². The first-order valence-electron chi connectivity index (χ1n) is 7.89. The highest BCUT2D eigenvalue weighted by molar-refractivity contribution is 7.89. The molecule has 0 radical (unpaired) electrons. The van der Waals surface area contributed by atoms with E-state index in [1.807, 2.05) is 0 Å². The summed E-state index contributed by atoms with van der Waals surface area (Å²) in [5.41, 5.74) is 0.621. The van der Waals surface area contributed by atoms with E-state index in [4.69, 9.17) is 9.47 Å². The van der Waals surface area contributed by atoms with Crippen LogP contribution in [-0.4, -0.2) is 46.1 Å². The van der Waals surface area contributed by atoms with Gasteiger partial charge in [-0.3, -0.25) is 9.78 Å². The van der Waals surface area contributed by atoms with Crippen LogP contribution >= 0.6 is 0 Å². The zero-order valence-electron chi connectivity index (χ0n) is 14.4. The fourth-order valence-corrected chi connectivity index (χ4v) is 4.01. The predicted octanol–water partition coefficient (Wildman–Crippen LogP) is 1.18. The summed E-state index contributed by atoms with van der Waals surface area (Å²) < 4.78 is 37.8. The largest absolute Gasteiger partial charge is 0.493 e. The quantitative estimate of drug-likeness (QED) is 0.812. The smallest absolute Gasteiger partial charge is 0.242 e. The molecule has 0 unspecified atom stereocenters. The average molecular weight is 377 g/mol. The molecule has 1 aromatic heterocycles. The van der Waals surface area contributed by atoms with Crippen molar-refractivity contribution in [1.82, 2.24) is 9.71 Å². The Labute approximate surface area is 151 Å². The molecule has 1 fully saturated rings. The van der Waals surface area contributed by atoms with E-state index in [1.165, 1.54) is 37.6 Å². The number of hydrogen-bond donors (Lipinski definition) is 1. The molecule has 1 aliphatic rings. The van der Waals surface area contributed by atoms with Crippen LogP contribution in [0, 0.1) is 0 Å². The molecule has 1 amide bonds. The van der Waals surface area contributed by atoms with Gasteiger partial charge in [0, 0.05) is 43.2 Å². The molecule has 1 atom stereocenters. The van der Waals surface area contributed by atoms with Crippen LogP contribution in [0.3, 0.4) is 0 Å². The van der Waals surface area contributed by atoms with Gasteiger partial charge in [0.05, 0.1) is 14.2 Å². The molecule has 3 rings (SSSR count). The van der Waals surface area contributed by atoms with Crippen LogP contribution in [0.25, 0.3) is 0 Å². The molecule has 0 saturated carbocycles. The van der Waals surface area contributed by atoms with Crippen LogP contribution in [-0.2, 0) is 14.8 Å². The third-order valence-corrected chi connectivity index (χ3v) is 5.58. The minimum Gasteiger partial charge on any atom is -0.493 e. The van der Waals surface area contributed by atoms with Gasteiger partial charge in [-0.2, -0.15) is 0 Å². The van der Waals surface area contributed by atoms with Gasteiger partial charge in [0.15, 0.2) is 11.5 Å². The number of ether oxygens (including phenoxy) is 2. The normalized spacial score (nSPS) is 17.4. The van der Waals surface area contributed by atoms with E-state index in [1.54, 1.807) is 24.3 Å². The number of aromatic nitrogens is 1. The number of anilines is 1. The van der Waals surface area contributed by atoms with Gasteiger partial charge in [-0.15, -0.1) is 0 Å². The third-order valence-electron chi connectivity index (χ3n) is 4.07. The molecule has 0 aliphatic carbocycles. The van der Waals surface area contributed by atoms with E-state index < -0.39 is 16.1 Å². The molecule has 0 spiro atoms.